The predicted octanol–water partition coefficient (Wildman–Crippen LogP) is 1.18. The number of carbonyl (C=O) groups is 2. The maximum Gasteiger partial charge on any atom is 0.318 e. The summed E-state index contributed by atoms with van der Waals surface area (Å²) in [5.74, 6) is -1.01. The third-order valence-corrected chi connectivity index (χ3v) is 4.79. The molecule has 2 aliphatic rings. The highest BCUT2D eigenvalue weighted by Crippen LogP contribution is 2.30. The van der Waals surface area contributed by atoms with Crippen LogP contribution in [0.1, 0.15) is 46.0 Å². The van der Waals surface area contributed by atoms with E-state index < -0.39 is 17.6 Å². The molecule has 2 rings (SSSR count). The molecule has 1 heterocycles. The molecule has 1 atom stereocenters. The summed E-state index contributed by atoms with van der Waals surface area (Å²) in [5, 5.41) is 21.8. The van der Waals surface area contributed by atoms with Gasteiger partial charge in [-0.25, -0.2) is 4.79 Å². The fourth-order valence-electron chi connectivity index (χ4n) is 3.17. The zero-order chi connectivity index (χ0) is 14.9. The Balaban J connectivity index is 1.86. The van der Waals surface area contributed by atoms with Crippen LogP contribution in [0.2, 0.25) is 0 Å². The van der Waals surface area contributed by atoms with Crippen molar-refractivity contribution in [2.45, 2.75) is 63.6 Å². The van der Waals surface area contributed by atoms with Crippen molar-refractivity contribution < 1.29 is 19.8 Å². The van der Waals surface area contributed by atoms with Gasteiger partial charge in [-0.2, -0.15) is 0 Å². The van der Waals surface area contributed by atoms with Crippen molar-refractivity contribution in [3.8, 4) is 0 Å². The van der Waals surface area contributed by atoms with E-state index in [0.29, 0.717) is 38.6 Å². The van der Waals surface area contributed by atoms with E-state index in [1.54, 1.807) is 4.90 Å². The summed E-state index contributed by atoms with van der Waals surface area (Å²) in [6, 6.07) is -0.100. The number of nitrogens with zero attached hydrogens (tertiary/aromatic N) is 1. The van der Waals surface area contributed by atoms with Crippen LogP contribution in [-0.2, 0) is 4.79 Å². The van der Waals surface area contributed by atoms with E-state index in [1.165, 1.54) is 0 Å². The Hall–Kier alpha value is -1.30. The standard InChI is InChI=1S/C14H24N2O4/c1-14(2)11(17)7-8-16(14)13(20)15-10-5-3-9(4-6-10)12(18)19/h9-11,17H,3-8H2,1-2H3,(H,15,20)(H,18,19). The van der Waals surface area contributed by atoms with Gasteiger partial charge in [0.2, 0.25) is 0 Å². The average molecular weight is 284 g/mol. The minimum Gasteiger partial charge on any atom is -0.481 e. The summed E-state index contributed by atoms with van der Waals surface area (Å²) < 4.78 is 0. The van der Waals surface area contributed by atoms with Crippen LogP contribution in [-0.4, -0.2) is 51.3 Å². The number of carboxylic acid groups (broad SMARTS) is 1. The highest BCUT2D eigenvalue weighted by atomic mass is 16.4. The Labute approximate surface area is 119 Å². The lowest BCUT2D eigenvalue weighted by molar-refractivity contribution is -0.142. The van der Waals surface area contributed by atoms with Crippen LogP contribution in [0.4, 0.5) is 4.79 Å². The molecule has 3 N–H and O–H groups in total. The molecular formula is C14H24N2O4. The SMILES string of the molecule is CC1(C)C(O)CCN1C(=O)NC1CCC(C(=O)O)CC1. The molecule has 1 unspecified atom stereocenters. The second-order valence-corrected chi connectivity index (χ2v) is 6.45. The number of nitrogens with one attached hydrogen (secondary N) is 1. The van der Waals surface area contributed by atoms with E-state index in [9.17, 15) is 14.7 Å². The predicted molar refractivity (Wildman–Crippen MR) is 73.3 cm³/mol. The van der Waals surface area contributed by atoms with E-state index >= 15 is 0 Å². The average Bonchev–Trinajstić information content (AvgIpc) is 2.64. The number of aliphatic carboxylic acids is 1. The van der Waals surface area contributed by atoms with Crippen LogP contribution in [0.15, 0.2) is 0 Å². The first-order valence-corrected chi connectivity index (χ1v) is 7.31. The second kappa shape index (κ2) is 5.60. The van der Waals surface area contributed by atoms with Gasteiger partial charge in [0.1, 0.15) is 0 Å². The van der Waals surface area contributed by atoms with E-state index in [2.05, 4.69) is 5.32 Å². The first-order valence-electron chi connectivity index (χ1n) is 7.31. The molecule has 1 saturated carbocycles. The number of carboxylic acids is 1. The lowest BCUT2D eigenvalue weighted by Crippen LogP contribution is -2.54. The van der Waals surface area contributed by atoms with Crippen molar-refractivity contribution in [3.63, 3.8) is 0 Å². The molecule has 0 radical (unpaired) electrons. The van der Waals surface area contributed by atoms with E-state index in [-0.39, 0.29) is 18.0 Å². The number of hydrogen-bond donors (Lipinski definition) is 3. The van der Waals surface area contributed by atoms with Crippen LogP contribution < -0.4 is 5.32 Å². The molecule has 1 aliphatic heterocycles. The quantitative estimate of drug-likeness (QED) is 0.710. The van der Waals surface area contributed by atoms with Crippen LogP contribution in [0.5, 0.6) is 0 Å². The molecule has 114 valence electrons. The van der Waals surface area contributed by atoms with E-state index in [1.807, 2.05) is 13.8 Å². The number of aliphatic hydroxyl groups excluding tert-OH is 1. The summed E-state index contributed by atoms with van der Waals surface area (Å²) in [7, 11) is 0. The summed E-state index contributed by atoms with van der Waals surface area (Å²) in [4.78, 5) is 24.8. The Morgan fingerprint density at radius 1 is 1.15 bits per heavy atom. The first kappa shape index (κ1) is 15.1. The molecule has 0 aromatic carbocycles. The van der Waals surface area contributed by atoms with Crippen molar-refractivity contribution in [3.05, 3.63) is 0 Å². The Bertz CT molecular complexity index is 389. The Morgan fingerprint density at radius 3 is 2.20 bits per heavy atom. The second-order valence-electron chi connectivity index (χ2n) is 6.45. The van der Waals surface area contributed by atoms with Gasteiger partial charge < -0.3 is 20.4 Å². The normalized spacial score (nSPS) is 33.0. The molecule has 0 spiro atoms. The zero-order valence-electron chi connectivity index (χ0n) is 12.1. The number of carbonyl (C=O) groups excluding carboxylic acids is 1. The van der Waals surface area contributed by atoms with E-state index in [4.69, 9.17) is 5.11 Å². The number of likely N-dealkylation sites (tertiary alicyclic amines) is 1. The summed E-state index contributed by atoms with van der Waals surface area (Å²) in [6.07, 6.45) is 2.76. The molecule has 1 aliphatic carbocycles. The number of aliphatic hydroxyl groups is 1. The Morgan fingerprint density at radius 2 is 1.75 bits per heavy atom. The smallest absolute Gasteiger partial charge is 0.318 e. The van der Waals surface area contributed by atoms with Gasteiger partial charge in [0, 0.05) is 12.6 Å². The molecule has 1 saturated heterocycles. The Kier molecular flexibility index (Phi) is 4.22. The van der Waals surface area contributed by atoms with Crippen LogP contribution >= 0.6 is 0 Å². The van der Waals surface area contributed by atoms with Crippen molar-refractivity contribution in [1.82, 2.24) is 10.2 Å². The van der Waals surface area contributed by atoms with Gasteiger partial charge in [-0.15, -0.1) is 0 Å². The van der Waals surface area contributed by atoms with Crippen LogP contribution in [0.25, 0.3) is 0 Å². The number of amides is 2. The molecule has 0 aromatic heterocycles. The molecule has 6 nitrogen and oxygen atoms in total. The monoisotopic (exact) mass is 284 g/mol. The largest absolute Gasteiger partial charge is 0.481 e. The minimum atomic E-state index is -0.737. The van der Waals surface area contributed by atoms with Gasteiger partial charge in [-0.05, 0) is 46.0 Å². The molecule has 0 bridgehead atoms. The fourth-order valence-corrected chi connectivity index (χ4v) is 3.17. The number of rotatable bonds is 2. The summed E-state index contributed by atoms with van der Waals surface area (Å²) >= 11 is 0. The highest BCUT2D eigenvalue weighted by Gasteiger charge is 2.43. The lowest BCUT2D eigenvalue weighted by atomic mass is 9.86. The summed E-state index contributed by atoms with van der Waals surface area (Å²) in [5.41, 5.74) is -0.539. The maximum absolute atomic E-state index is 12.3. The molecule has 0 aromatic rings. The molecule has 6 heteroatoms. The van der Waals surface area contributed by atoms with Crippen molar-refractivity contribution >= 4 is 12.0 Å². The number of urea groups is 1. The molecule has 2 amide bonds. The fraction of sp³-hybridized carbons (Fsp3) is 0.857. The van der Waals surface area contributed by atoms with Crippen LogP contribution in [0, 0.1) is 5.92 Å². The van der Waals surface area contributed by atoms with E-state index in [0.717, 1.165) is 0 Å². The topological polar surface area (TPSA) is 89.9 Å². The van der Waals surface area contributed by atoms with Gasteiger partial charge in [-0.3, -0.25) is 4.79 Å². The van der Waals surface area contributed by atoms with Gasteiger partial charge in [0.15, 0.2) is 0 Å². The van der Waals surface area contributed by atoms with Crippen molar-refractivity contribution in [2.75, 3.05) is 6.54 Å². The third-order valence-electron chi connectivity index (χ3n) is 4.79. The maximum atomic E-state index is 12.3. The molecule has 2 fully saturated rings. The van der Waals surface area contributed by atoms with Crippen LogP contribution in [0.3, 0.4) is 0 Å². The highest BCUT2D eigenvalue weighted by molar-refractivity contribution is 5.76. The van der Waals surface area contributed by atoms with Gasteiger partial charge >= 0.3 is 12.0 Å². The first-order chi connectivity index (χ1) is 9.32. The zero-order valence-corrected chi connectivity index (χ0v) is 12.1. The minimum absolute atomic E-state index is 0.0478. The van der Waals surface area contributed by atoms with Gasteiger partial charge in [0.25, 0.3) is 0 Å². The van der Waals surface area contributed by atoms with Gasteiger partial charge in [0.05, 0.1) is 17.6 Å². The molecule has 20 heavy (non-hydrogen) atoms. The summed E-state index contributed by atoms with van der Waals surface area (Å²) in [6.45, 7) is 4.29. The lowest BCUT2D eigenvalue weighted by Gasteiger charge is -2.36. The molecular weight excluding hydrogens is 260 g/mol. The van der Waals surface area contributed by atoms with Gasteiger partial charge in [-0.1, -0.05) is 0 Å². The van der Waals surface area contributed by atoms with Crippen molar-refractivity contribution in [2.24, 2.45) is 5.92 Å². The third kappa shape index (κ3) is 2.90. The number of hydrogen-bond acceptors (Lipinski definition) is 3. The van der Waals surface area contributed by atoms with Crippen molar-refractivity contribution in [1.29, 1.82) is 0 Å².